The van der Waals surface area contributed by atoms with Crippen LogP contribution in [0.25, 0.3) is 11.4 Å². The summed E-state index contributed by atoms with van der Waals surface area (Å²) in [5.41, 5.74) is 2.24. The van der Waals surface area contributed by atoms with E-state index in [-0.39, 0.29) is 30.1 Å². The van der Waals surface area contributed by atoms with E-state index >= 15 is 0 Å². The molecule has 1 amide bonds. The van der Waals surface area contributed by atoms with E-state index in [1.165, 1.54) is 18.2 Å². The van der Waals surface area contributed by atoms with Crippen LogP contribution in [0.3, 0.4) is 0 Å². The molecular formula is C24H20FN5O2. The summed E-state index contributed by atoms with van der Waals surface area (Å²) in [6.45, 7) is 0. The molecule has 1 aromatic carbocycles. The predicted molar refractivity (Wildman–Crippen MR) is 117 cm³/mol. The fourth-order valence-electron chi connectivity index (χ4n) is 3.33. The number of carbonyl (C=O) groups is 1. The van der Waals surface area contributed by atoms with E-state index in [1.807, 2.05) is 6.07 Å². The van der Waals surface area contributed by atoms with Gasteiger partial charge in [-0.15, -0.1) is 0 Å². The molecule has 1 atom stereocenters. The summed E-state index contributed by atoms with van der Waals surface area (Å²) in [5.74, 6) is -0.202. The molecule has 0 saturated carbocycles. The smallest absolute Gasteiger partial charge is 0.251 e. The molecule has 0 aliphatic rings. The molecule has 160 valence electrons. The first-order valence-electron chi connectivity index (χ1n) is 10.0. The van der Waals surface area contributed by atoms with E-state index in [9.17, 15) is 14.0 Å². The average molecular weight is 429 g/mol. The summed E-state index contributed by atoms with van der Waals surface area (Å²) in [6, 6.07) is 15.6. The fraction of sp³-hybridized carbons (Fsp3) is 0.125. The Morgan fingerprint density at radius 3 is 2.50 bits per heavy atom. The standard InChI is InChI=1S/C24H20FN5O2/c25-18-6-4-16(5-7-18)21(29-22(31)14-19-3-1-2-10-27-19)13-20-15-23(32)30-24(28-20)17-8-11-26-12-9-17/h1-12,15,21H,13-14H2,(H,29,31)(H,28,30,32). The van der Waals surface area contributed by atoms with Gasteiger partial charge in [0.2, 0.25) is 5.91 Å². The van der Waals surface area contributed by atoms with Gasteiger partial charge in [0, 0.05) is 42.3 Å². The van der Waals surface area contributed by atoms with Gasteiger partial charge in [-0.3, -0.25) is 19.6 Å². The van der Waals surface area contributed by atoms with Crippen molar-refractivity contribution in [2.75, 3.05) is 0 Å². The zero-order valence-corrected chi connectivity index (χ0v) is 17.0. The van der Waals surface area contributed by atoms with Crippen molar-refractivity contribution in [1.29, 1.82) is 0 Å². The highest BCUT2D eigenvalue weighted by molar-refractivity contribution is 5.78. The highest BCUT2D eigenvalue weighted by Crippen LogP contribution is 2.20. The van der Waals surface area contributed by atoms with Gasteiger partial charge in [-0.25, -0.2) is 9.37 Å². The first-order chi connectivity index (χ1) is 15.6. The SMILES string of the molecule is O=C(Cc1ccccn1)NC(Cc1cc(=O)[nH]c(-c2ccncc2)n1)c1ccc(F)cc1. The minimum Gasteiger partial charge on any atom is -0.349 e. The lowest BCUT2D eigenvalue weighted by Crippen LogP contribution is -2.32. The van der Waals surface area contributed by atoms with Crippen molar-refractivity contribution in [3.63, 3.8) is 0 Å². The van der Waals surface area contributed by atoms with E-state index in [0.717, 1.165) is 5.56 Å². The Balaban J connectivity index is 1.60. The maximum Gasteiger partial charge on any atom is 0.251 e. The van der Waals surface area contributed by atoms with Crippen molar-refractivity contribution in [2.24, 2.45) is 0 Å². The molecule has 3 aromatic heterocycles. The zero-order valence-electron chi connectivity index (χ0n) is 17.0. The molecule has 4 aromatic rings. The number of nitrogens with one attached hydrogen (secondary N) is 2. The molecule has 0 aliphatic heterocycles. The average Bonchev–Trinajstić information content (AvgIpc) is 2.80. The topological polar surface area (TPSA) is 101 Å². The molecule has 0 saturated heterocycles. The molecular weight excluding hydrogens is 409 g/mol. The van der Waals surface area contributed by atoms with Crippen LogP contribution in [0.1, 0.15) is 23.0 Å². The normalized spacial score (nSPS) is 11.7. The molecule has 0 radical (unpaired) electrons. The number of carbonyl (C=O) groups excluding carboxylic acids is 1. The number of aromatic amines is 1. The Labute approximate surface area is 183 Å². The summed E-state index contributed by atoms with van der Waals surface area (Å²) in [4.78, 5) is 40.4. The van der Waals surface area contributed by atoms with E-state index < -0.39 is 6.04 Å². The molecule has 0 aliphatic carbocycles. The highest BCUT2D eigenvalue weighted by Gasteiger charge is 2.18. The van der Waals surface area contributed by atoms with Crippen LogP contribution in [0, 0.1) is 5.82 Å². The van der Waals surface area contributed by atoms with Crippen LogP contribution in [0.5, 0.6) is 0 Å². The molecule has 2 N–H and O–H groups in total. The van der Waals surface area contributed by atoms with E-state index in [1.54, 1.807) is 55.0 Å². The van der Waals surface area contributed by atoms with Gasteiger partial charge >= 0.3 is 0 Å². The van der Waals surface area contributed by atoms with Crippen LogP contribution >= 0.6 is 0 Å². The van der Waals surface area contributed by atoms with Gasteiger partial charge in [0.15, 0.2) is 0 Å². The van der Waals surface area contributed by atoms with Gasteiger partial charge in [0.25, 0.3) is 5.56 Å². The molecule has 8 heteroatoms. The predicted octanol–water partition coefficient (Wildman–Crippen LogP) is 3.01. The highest BCUT2D eigenvalue weighted by atomic mass is 19.1. The Kier molecular flexibility index (Phi) is 6.41. The number of hydrogen-bond acceptors (Lipinski definition) is 5. The van der Waals surface area contributed by atoms with E-state index in [4.69, 9.17) is 0 Å². The number of H-pyrrole nitrogens is 1. The van der Waals surface area contributed by atoms with Gasteiger partial charge in [0.05, 0.1) is 18.2 Å². The molecule has 1 unspecified atom stereocenters. The second-order valence-corrected chi connectivity index (χ2v) is 7.19. The summed E-state index contributed by atoms with van der Waals surface area (Å²) >= 11 is 0. The lowest BCUT2D eigenvalue weighted by atomic mass is 10.0. The lowest BCUT2D eigenvalue weighted by molar-refractivity contribution is -0.121. The van der Waals surface area contributed by atoms with Crippen molar-refractivity contribution < 1.29 is 9.18 Å². The maximum atomic E-state index is 13.5. The summed E-state index contributed by atoms with van der Waals surface area (Å²) < 4.78 is 13.5. The van der Waals surface area contributed by atoms with Gasteiger partial charge in [-0.2, -0.15) is 0 Å². The van der Waals surface area contributed by atoms with E-state index in [0.29, 0.717) is 22.8 Å². The third-order valence-corrected chi connectivity index (χ3v) is 4.84. The zero-order chi connectivity index (χ0) is 22.3. The molecule has 0 bridgehead atoms. The van der Waals surface area contributed by atoms with Gasteiger partial charge in [-0.05, 0) is 42.0 Å². The summed E-state index contributed by atoms with van der Waals surface area (Å²) in [5, 5.41) is 2.96. The number of benzene rings is 1. The molecule has 0 fully saturated rings. The van der Waals surface area contributed by atoms with Crippen molar-refractivity contribution >= 4 is 5.91 Å². The van der Waals surface area contributed by atoms with E-state index in [2.05, 4.69) is 25.3 Å². The minimum absolute atomic E-state index is 0.101. The second-order valence-electron chi connectivity index (χ2n) is 7.19. The third-order valence-electron chi connectivity index (χ3n) is 4.84. The molecule has 4 rings (SSSR count). The molecule has 7 nitrogen and oxygen atoms in total. The number of hydrogen-bond donors (Lipinski definition) is 2. The Hall–Kier alpha value is -4.20. The van der Waals surface area contributed by atoms with Crippen LogP contribution in [-0.4, -0.2) is 25.8 Å². The molecule has 3 heterocycles. The Morgan fingerprint density at radius 1 is 1.00 bits per heavy atom. The van der Waals surface area contributed by atoms with Crippen LogP contribution in [0.15, 0.2) is 84.0 Å². The maximum absolute atomic E-state index is 13.5. The quantitative estimate of drug-likeness (QED) is 0.470. The van der Waals surface area contributed by atoms with Crippen LogP contribution in [0.4, 0.5) is 4.39 Å². The molecule has 32 heavy (non-hydrogen) atoms. The van der Waals surface area contributed by atoms with Gasteiger partial charge in [-0.1, -0.05) is 18.2 Å². The minimum atomic E-state index is -0.508. The lowest BCUT2D eigenvalue weighted by Gasteiger charge is -2.19. The van der Waals surface area contributed by atoms with Crippen LogP contribution < -0.4 is 10.9 Å². The largest absolute Gasteiger partial charge is 0.349 e. The number of pyridine rings is 2. The summed E-state index contributed by atoms with van der Waals surface area (Å²) in [7, 11) is 0. The van der Waals surface area contributed by atoms with Crippen molar-refractivity contribution in [1.82, 2.24) is 25.3 Å². The monoisotopic (exact) mass is 429 g/mol. The Morgan fingerprint density at radius 2 is 1.78 bits per heavy atom. The van der Waals surface area contributed by atoms with Gasteiger partial charge in [0.1, 0.15) is 11.6 Å². The number of nitrogens with zero attached hydrogens (tertiary/aromatic N) is 3. The first-order valence-corrected chi connectivity index (χ1v) is 10.0. The van der Waals surface area contributed by atoms with Crippen LogP contribution in [0.2, 0.25) is 0 Å². The van der Waals surface area contributed by atoms with Crippen molar-refractivity contribution in [2.45, 2.75) is 18.9 Å². The molecule has 0 spiro atoms. The Bertz CT molecular complexity index is 1240. The fourth-order valence-corrected chi connectivity index (χ4v) is 3.33. The summed E-state index contributed by atoms with van der Waals surface area (Å²) in [6.07, 6.45) is 5.20. The first kappa shape index (κ1) is 21.0. The van der Waals surface area contributed by atoms with Crippen molar-refractivity contribution in [3.05, 3.63) is 112 Å². The van der Waals surface area contributed by atoms with Gasteiger partial charge < -0.3 is 10.3 Å². The number of rotatable bonds is 7. The number of aromatic nitrogens is 4. The number of amides is 1. The second kappa shape index (κ2) is 9.74. The van der Waals surface area contributed by atoms with Crippen LogP contribution in [-0.2, 0) is 17.6 Å². The third kappa shape index (κ3) is 5.48. The number of halogens is 1. The van der Waals surface area contributed by atoms with Crippen molar-refractivity contribution in [3.8, 4) is 11.4 Å².